The smallest absolute Gasteiger partial charge is 0.253 e. The molecule has 0 fully saturated rings. The summed E-state index contributed by atoms with van der Waals surface area (Å²) in [5.41, 5.74) is 5.15. The second kappa shape index (κ2) is 3.52. The van der Waals surface area contributed by atoms with Crippen molar-refractivity contribution in [1.82, 2.24) is 24.7 Å². The number of H-pyrrole nitrogens is 1. The van der Waals surface area contributed by atoms with E-state index in [0.717, 1.165) is 0 Å². The number of anilines is 1. The first-order chi connectivity index (χ1) is 7.19. The van der Waals surface area contributed by atoms with Crippen LogP contribution in [0.5, 0.6) is 0 Å². The van der Waals surface area contributed by atoms with Crippen LogP contribution in [-0.4, -0.2) is 24.7 Å². The summed E-state index contributed by atoms with van der Waals surface area (Å²) in [4.78, 5) is 21.8. The summed E-state index contributed by atoms with van der Waals surface area (Å²) in [6.45, 7) is 1.90. The molecule has 15 heavy (non-hydrogen) atoms. The van der Waals surface area contributed by atoms with E-state index >= 15 is 0 Å². The van der Waals surface area contributed by atoms with E-state index < -0.39 is 0 Å². The van der Waals surface area contributed by atoms with Crippen molar-refractivity contribution in [3.8, 4) is 5.82 Å². The van der Waals surface area contributed by atoms with E-state index in [4.69, 9.17) is 5.73 Å². The predicted octanol–water partition coefficient (Wildman–Crippen LogP) is -0.505. The van der Waals surface area contributed by atoms with Gasteiger partial charge in [0, 0.05) is 12.5 Å². The molecule has 0 bridgehead atoms. The lowest BCUT2D eigenvalue weighted by atomic mass is 10.4. The zero-order valence-corrected chi connectivity index (χ0v) is 8.14. The Morgan fingerprint density at radius 2 is 2.40 bits per heavy atom. The molecule has 0 aliphatic rings. The van der Waals surface area contributed by atoms with Crippen molar-refractivity contribution < 1.29 is 0 Å². The molecule has 0 radical (unpaired) electrons. The molecule has 7 nitrogen and oxygen atoms in total. The normalized spacial score (nSPS) is 10.5. The van der Waals surface area contributed by atoms with Gasteiger partial charge >= 0.3 is 0 Å². The number of nitrogens with zero attached hydrogens (tertiary/aromatic N) is 4. The molecule has 0 aliphatic carbocycles. The summed E-state index contributed by atoms with van der Waals surface area (Å²) in [7, 11) is 0. The molecule has 2 aromatic rings. The Morgan fingerprint density at radius 3 is 3.00 bits per heavy atom. The van der Waals surface area contributed by atoms with Crippen LogP contribution in [0.4, 0.5) is 5.95 Å². The second-order valence-corrected chi connectivity index (χ2v) is 2.95. The van der Waals surface area contributed by atoms with Crippen LogP contribution in [0.2, 0.25) is 0 Å². The van der Waals surface area contributed by atoms with Gasteiger partial charge < -0.3 is 10.7 Å². The zero-order chi connectivity index (χ0) is 10.8. The van der Waals surface area contributed by atoms with Gasteiger partial charge in [0.1, 0.15) is 12.2 Å². The van der Waals surface area contributed by atoms with Crippen molar-refractivity contribution in [2.75, 3.05) is 5.73 Å². The summed E-state index contributed by atoms with van der Waals surface area (Å²) >= 11 is 0. The van der Waals surface area contributed by atoms with E-state index in [1.165, 1.54) is 17.1 Å². The largest absolute Gasteiger partial charge is 0.366 e. The van der Waals surface area contributed by atoms with Crippen molar-refractivity contribution in [2.45, 2.75) is 13.3 Å². The summed E-state index contributed by atoms with van der Waals surface area (Å²) in [6.07, 6.45) is 2.06. The molecule has 7 heteroatoms. The molecular formula is C8H10N6O. The average molecular weight is 206 g/mol. The number of nitrogens with one attached hydrogen (secondary N) is 1. The van der Waals surface area contributed by atoms with E-state index in [0.29, 0.717) is 18.1 Å². The predicted molar refractivity (Wildman–Crippen MR) is 53.6 cm³/mol. The molecule has 0 spiro atoms. The minimum absolute atomic E-state index is 0.148. The van der Waals surface area contributed by atoms with Crippen LogP contribution in [0.3, 0.4) is 0 Å². The van der Waals surface area contributed by atoms with Gasteiger partial charge in [0.25, 0.3) is 5.56 Å². The highest BCUT2D eigenvalue weighted by molar-refractivity contribution is 5.22. The third kappa shape index (κ3) is 1.85. The van der Waals surface area contributed by atoms with Gasteiger partial charge in [0.15, 0.2) is 5.82 Å². The first-order valence-electron chi connectivity index (χ1n) is 4.47. The molecule has 0 atom stereocenters. The van der Waals surface area contributed by atoms with Crippen LogP contribution in [0.1, 0.15) is 12.7 Å². The van der Waals surface area contributed by atoms with Gasteiger partial charge in [-0.05, 0) is 0 Å². The second-order valence-electron chi connectivity index (χ2n) is 2.95. The number of rotatable bonds is 2. The molecule has 3 N–H and O–H groups in total. The lowest BCUT2D eigenvalue weighted by molar-refractivity contribution is 0.807. The molecule has 0 unspecified atom stereocenters. The van der Waals surface area contributed by atoms with Crippen molar-refractivity contribution in [3.63, 3.8) is 0 Å². The Kier molecular flexibility index (Phi) is 2.20. The van der Waals surface area contributed by atoms with Gasteiger partial charge in [0.05, 0.1) is 0 Å². The fourth-order valence-electron chi connectivity index (χ4n) is 1.17. The summed E-state index contributed by atoms with van der Waals surface area (Å²) < 4.78 is 1.36. The Morgan fingerprint density at radius 1 is 1.60 bits per heavy atom. The fraction of sp³-hybridized carbons (Fsp3) is 0.250. The van der Waals surface area contributed by atoms with Gasteiger partial charge in [-0.15, -0.1) is 5.10 Å². The van der Waals surface area contributed by atoms with Gasteiger partial charge in [-0.25, -0.2) is 14.6 Å². The first-order valence-corrected chi connectivity index (χ1v) is 4.47. The van der Waals surface area contributed by atoms with Gasteiger partial charge in [0.2, 0.25) is 5.95 Å². The van der Waals surface area contributed by atoms with Crippen molar-refractivity contribution >= 4 is 5.95 Å². The van der Waals surface area contributed by atoms with E-state index in [9.17, 15) is 4.79 Å². The number of nitrogens with two attached hydrogens (primary N) is 1. The fourth-order valence-corrected chi connectivity index (χ4v) is 1.17. The van der Waals surface area contributed by atoms with Crippen LogP contribution in [0, 0.1) is 0 Å². The minimum Gasteiger partial charge on any atom is -0.366 e. The van der Waals surface area contributed by atoms with Gasteiger partial charge in [-0.2, -0.15) is 0 Å². The number of aromatic amines is 1. The third-order valence-electron chi connectivity index (χ3n) is 1.86. The number of aromatic nitrogens is 5. The quantitative estimate of drug-likeness (QED) is 0.689. The molecule has 2 aromatic heterocycles. The van der Waals surface area contributed by atoms with Crippen LogP contribution >= 0.6 is 0 Å². The number of hydrogen-bond donors (Lipinski definition) is 2. The molecule has 0 saturated heterocycles. The molecule has 2 heterocycles. The molecule has 78 valence electrons. The Hall–Kier alpha value is -2.18. The maximum Gasteiger partial charge on any atom is 0.253 e. The van der Waals surface area contributed by atoms with Crippen LogP contribution in [0.15, 0.2) is 17.2 Å². The van der Waals surface area contributed by atoms with Gasteiger partial charge in [-0.3, -0.25) is 4.79 Å². The molecule has 0 saturated carbocycles. The lowest BCUT2D eigenvalue weighted by Crippen LogP contribution is -2.13. The molecule has 2 rings (SSSR count). The third-order valence-corrected chi connectivity index (χ3v) is 1.86. The van der Waals surface area contributed by atoms with E-state index in [-0.39, 0.29) is 11.5 Å². The Labute approximate surface area is 85.0 Å². The van der Waals surface area contributed by atoms with E-state index in [1.54, 1.807) is 0 Å². The molecule has 0 amide bonds. The number of nitrogen functional groups attached to an aromatic ring is 1. The minimum atomic E-state index is -0.217. The van der Waals surface area contributed by atoms with Crippen molar-refractivity contribution in [1.29, 1.82) is 0 Å². The Bertz CT molecular complexity index is 528. The lowest BCUT2D eigenvalue weighted by Gasteiger charge is -2.00. The number of hydrogen-bond acceptors (Lipinski definition) is 5. The highest BCUT2D eigenvalue weighted by atomic mass is 16.1. The van der Waals surface area contributed by atoms with E-state index in [2.05, 4.69) is 20.1 Å². The van der Waals surface area contributed by atoms with Gasteiger partial charge in [-0.1, -0.05) is 6.92 Å². The first kappa shape index (κ1) is 9.38. The zero-order valence-electron chi connectivity index (χ0n) is 8.14. The monoisotopic (exact) mass is 206 g/mol. The highest BCUT2D eigenvalue weighted by Gasteiger charge is 2.03. The molecular weight excluding hydrogens is 196 g/mol. The maximum absolute atomic E-state index is 11.3. The summed E-state index contributed by atoms with van der Waals surface area (Å²) in [5, 5.41) is 3.87. The van der Waals surface area contributed by atoms with Crippen LogP contribution in [-0.2, 0) is 6.42 Å². The van der Waals surface area contributed by atoms with Crippen LogP contribution in [0.25, 0.3) is 5.82 Å². The van der Waals surface area contributed by atoms with Crippen molar-refractivity contribution in [3.05, 3.63) is 28.6 Å². The standard InChI is InChI=1S/C8H10N6O/c1-2-5-11-6(3-7(15)12-5)14-4-10-8(9)13-14/h3-4H,2H2,1H3,(H2,9,13)(H,11,12,15). The maximum atomic E-state index is 11.3. The summed E-state index contributed by atoms with van der Waals surface area (Å²) in [6, 6.07) is 1.34. The average Bonchev–Trinajstić information content (AvgIpc) is 2.64. The number of aryl methyl sites for hydroxylation is 1. The summed E-state index contributed by atoms with van der Waals surface area (Å²) in [5.74, 6) is 1.17. The Balaban J connectivity index is 2.53. The highest BCUT2D eigenvalue weighted by Crippen LogP contribution is 2.00. The molecule has 0 aliphatic heterocycles. The SMILES string of the molecule is CCc1nc(-n2cnc(N)n2)cc(=O)[nH]1. The topological polar surface area (TPSA) is 102 Å². The van der Waals surface area contributed by atoms with E-state index in [1.807, 2.05) is 6.92 Å². The molecule has 0 aromatic carbocycles. The van der Waals surface area contributed by atoms with Crippen molar-refractivity contribution in [2.24, 2.45) is 0 Å². The van der Waals surface area contributed by atoms with Crippen LogP contribution < -0.4 is 11.3 Å².